The van der Waals surface area contributed by atoms with Crippen molar-refractivity contribution in [1.82, 2.24) is 29.1 Å². The first-order valence-corrected chi connectivity index (χ1v) is 10.3. The summed E-state index contributed by atoms with van der Waals surface area (Å²) in [7, 11) is 0. The molecule has 0 bridgehead atoms. The van der Waals surface area contributed by atoms with Gasteiger partial charge in [-0.25, -0.2) is 14.6 Å². The second kappa shape index (κ2) is 6.80. The number of hydrogen-bond acceptors (Lipinski definition) is 5. The highest BCUT2D eigenvalue weighted by molar-refractivity contribution is 14.1. The van der Waals surface area contributed by atoms with Crippen LogP contribution in [0.3, 0.4) is 0 Å². The number of pyridine rings is 2. The molecule has 5 rings (SSSR count). The van der Waals surface area contributed by atoms with Crippen LogP contribution in [-0.4, -0.2) is 29.1 Å². The van der Waals surface area contributed by atoms with Gasteiger partial charge in [-0.05, 0) is 66.8 Å². The number of aryl methyl sites for hydroxylation is 1. The summed E-state index contributed by atoms with van der Waals surface area (Å²) in [5.74, 6) is 0.449. The topological polar surface area (TPSA) is 86.9 Å². The third-order valence-corrected chi connectivity index (χ3v) is 5.93. The first kappa shape index (κ1) is 18.0. The van der Waals surface area contributed by atoms with Gasteiger partial charge in [-0.3, -0.25) is 4.98 Å². The molecule has 0 aliphatic rings. The van der Waals surface area contributed by atoms with Crippen molar-refractivity contribution < 1.29 is 0 Å². The minimum absolute atomic E-state index is 0.0568. The highest BCUT2D eigenvalue weighted by atomic mass is 127. The Morgan fingerprint density at radius 1 is 1.10 bits per heavy atom. The van der Waals surface area contributed by atoms with Gasteiger partial charge in [0.05, 0.1) is 17.1 Å². The van der Waals surface area contributed by atoms with E-state index in [2.05, 4.69) is 73.3 Å². The molecule has 0 fully saturated rings. The Labute approximate surface area is 180 Å². The molecule has 0 saturated heterocycles. The van der Waals surface area contributed by atoms with Crippen molar-refractivity contribution in [2.75, 3.05) is 5.73 Å². The van der Waals surface area contributed by atoms with E-state index in [4.69, 9.17) is 10.8 Å². The molecule has 0 saturated carbocycles. The van der Waals surface area contributed by atoms with Crippen molar-refractivity contribution in [2.45, 2.75) is 19.9 Å². The molecule has 1 unspecified atom stereocenters. The van der Waals surface area contributed by atoms with Gasteiger partial charge in [0.1, 0.15) is 15.8 Å². The molecule has 29 heavy (non-hydrogen) atoms. The highest BCUT2D eigenvalue weighted by Gasteiger charge is 2.23. The summed E-state index contributed by atoms with van der Waals surface area (Å²) in [5.41, 5.74) is 12.3. The number of anilines is 1. The van der Waals surface area contributed by atoms with Crippen LogP contribution in [0.5, 0.6) is 0 Å². The zero-order valence-electron chi connectivity index (χ0n) is 15.9. The van der Waals surface area contributed by atoms with E-state index in [1.54, 1.807) is 0 Å². The summed E-state index contributed by atoms with van der Waals surface area (Å²) in [5, 5.41) is 5.54. The van der Waals surface area contributed by atoms with E-state index in [0.717, 1.165) is 42.8 Å². The van der Waals surface area contributed by atoms with Crippen LogP contribution < -0.4 is 5.73 Å². The molecule has 5 aromatic rings. The summed E-state index contributed by atoms with van der Waals surface area (Å²) in [6, 6.07) is 12.5. The van der Waals surface area contributed by atoms with Crippen molar-refractivity contribution in [3.63, 3.8) is 0 Å². The van der Waals surface area contributed by atoms with Gasteiger partial charge in [0.25, 0.3) is 0 Å². The molecule has 5 heterocycles. The Morgan fingerprint density at radius 2 is 1.97 bits per heavy atom. The maximum absolute atomic E-state index is 6.09. The van der Waals surface area contributed by atoms with E-state index in [1.807, 2.05) is 36.0 Å². The molecule has 0 aliphatic heterocycles. The Balaban J connectivity index is 1.78. The number of nitrogens with two attached hydrogens (primary N) is 1. The first-order chi connectivity index (χ1) is 14.0. The van der Waals surface area contributed by atoms with Crippen LogP contribution in [0, 0.1) is 10.6 Å². The van der Waals surface area contributed by atoms with Crippen LogP contribution in [0.2, 0.25) is 0 Å². The predicted molar refractivity (Wildman–Crippen MR) is 122 cm³/mol. The Morgan fingerprint density at radius 3 is 2.79 bits per heavy atom. The lowest BCUT2D eigenvalue weighted by Gasteiger charge is -2.15. The summed E-state index contributed by atoms with van der Waals surface area (Å²) in [6.45, 7) is 4.14. The molecule has 5 aromatic heterocycles. The largest absolute Gasteiger partial charge is 0.383 e. The standard InChI is InChI=1S/C21H18IN7/c1-12-9-14(6-7-24-12)18-16(10-15-5-3-4-8-28(15)18)13(2)29-21-17(19(22)27-29)20(23)25-11-26-21/h3-11,13H,1-2H3,(H2,23,25,26). The van der Waals surface area contributed by atoms with E-state index < -0.39 is 0 Å². The molecular formula is C21H18IN7. The van der Waals surface area contributed by atoms with Crippen LogP contribution in [0.15, 0.2) is 55.1 Å². The van der Waals surface area contributed by atoms with Gasteiger partial charge in [0.2, 0.25) is 0 Å². The Hall–Kier alpha value is -3.01. The van der Waals surface area contributed by atoms with E-state index in [9.17, 15) is 0 Å². The van der Waals surface area contributed by atoms with Crippen LogP contribution >= 0.6 is 22.6 Å². The molecule has 0 aromatic carbocycles. The second-order valence-corrected chi connectivity index (χ2v) is 8.02. The molecule has 8 heteroatoms. The Kier molecular flexibility index (Phi) is 4.23. The minimum atomic E-state index is -0.0568. The van der Waals surface area contributed by atoms with Crippen molar-refractivity contribution in [3.8, 4) is 11.3 Å². The average molecular weight is 495 g/mol. The summed E-state index contributed by atoms with van der Waals surface area (Å²) >= 11 is 2.19. The van der Waals surface area contributed by atoms with Gasteiger partial charge >= 0.3 is 0 Å². The lowest BCUT2D eigenvalue weighted by molar-refractivity contribution is 0.576. The monoisotopic (exact) mass is 495 g/mol. The summed E-state index contributed by atoms with van der Waals surface area (Å²) in [4.78, 5) is 12.9. The lowest BCUT2D eigenvalue weighted by Crippen LogP contribution is -2.10. The smallest absolute Gasteiger partial charge is 0.165 e. The lowest BCUT2D eigenvalue weighted by atomic mass is 10.0. The fourth-order valence-electron chi connectivity index (χ4n) is 3.82. The second-order valence-electron chi connectivity index (χ2n) is 7.00. The number of aromatic nitrogens is 6. The number of fused-ring (bicyclic) bond motifs is 2. The van der Waals surface area contributed by atoms with Crippen molar-refractivity contribution in [1.29, 1.82) is 0 Å². The van der Waals surface area contributed by atoms with E-state index in [1.165, 1.54) is 6.33 Å². The molecule has 1 atom stereocenters. The molecule has 144 valence electrons. The van der Waals surface area contributed by atoms with Gasteiger partial charge in [-0.15, -0.1) is 0 Å². The highest BCUT2D eigenvalue weighted by Crippen LogP contribution is 2.35. The normalized spacial score (nSPS) is 12.7. The SMILES string of the molecule is Cc1cc(-c2c(C(C)n3nc(I)c4c(N)ncnc43)cc3ccccn23)ccn1. The number of nitrogen functional groups attached to an aromatic ring is 1. The van der Waals surface area contributed by atoms with Crippen molar-refractivity contribution in [2.24, 2.45) is 0 Å². The third-order valence-electron chi connectivity index (χ3n) is 5.17. The van der Waals surface area contributed by atoms with Crippen LogP contribution in [0.4, 0.5) is 5.82 Å². The maximum atomic E-state index is 6.09. The van der Waals surface area contributed by atoms with Gasteiger partial charge in [-0.1, -0.05) is 6.07 Å². The van der Waals surface area contributed by atoms with Crippen LogP contribution in [0.25, 0.3) is 27.8 Å². The molecular weight excluding hydrogens is 477 g/mol. The van der Waals surface area contributed by atoms with Crippen LogP contribution in [-0.2, 0) is 0 Å². The van der Waals surface area contributed by atoms with Crippen molar-refractivity contribution in [3.05, 3.63) is 70.1 Å². The van der Waals surface area contributed by atoms with Crippen LogP contribution in [0.1, 0.15) is 24.2 Å². The quantitative estimate of drug-likeness (QED) is 0.379. The van der Waals surface area contributed by atoms with Gasteiger partial charge in [0.15, 0.2) is 5.65 Å². The fourth-order valence-corrected chi connectivity index (χ4v) is 4.57. The molecule has 7 nitrogen and oxygen atoms in total. The summed E-state index contributed by atoms with van der Waals surface area (Å²) in [6.07, 6.45) is 5.42. The maximum Gasteiger partial charge on any atom is 0.165 e. The van der Waals surface area contributed by atoms with E-state index in [0.29, 0.717) is 5.82 Å². The van der Waals surface area contributed by atoms with Gasteiger partial charge in [-0.2, -0.15) is 5.10 Å². The zero-order chi connectivity index (χ0) is 20.1. The zero-order valence-corrected chi connectivity index (χ0v) is 18.1. The number of rotatable bonds is 3. The van der Waals surface area contributed by atoms with Crippen molar-refractivity contribution >= 4 is 45.0 Å². The Bertz CT molecular complexity index is 1370. The van der Waals surface area contributed by atoms with E-state index in [-0.39, 0.29) is 6.04 Å². The number of halogens is 1. The summed E-state index contributed by atoms with van der Waals surface area (Å²) < 4.78 is 4.94. The number of nitrogens with zero attached hydrogens (tertiary/aromatic N) is 6. The first-order valence-electron chi connectivity index (χ1n) is 9.22. The molecule has 0 radical (unpaired) electrons. The molecule has 0 spiro atoms. The van der Waals surface area contributed by atoms with Gasteiger partial charge in [0, 0.05) is 34.7 Å². The molecule has 2 N–H and O–H groups in total. The van der Waals surface area contributed by atoms with Gasteiger partial charge < -0.3 is 10.1 Å². The molecule has 0 aliphatic carbocycles. The average Bonchev–Trinajstić information content (AvgIpc) is 3.26. The minimum Gasteiger partial charge on any atom is -0.383 e. The third kappa shape index (κ3) is 2.86. The fraction of sp³-hybridized carbons (Fsp3) is 0.143. The molecule has 0 amide bonds. The van der Waals surface area contributed by atoms with E-state index >= 15 is 0 Å². The number of hydrogen-bond donors (Lipinski definition) is 1. The predicted octanol–water partition coefficient (Wildman–Crippen LogP) is 4.25.